The highest BCUT2D eigenvalue weighted by Crippen LogP contribution is 2.17. The molecule has 0 bridgehead atoms. The molecule has 1 rings (SSSR count). The van der Waals surface area contributed by atoms with Gasteiger partial charge in [0.15, 0.2) is 0 Å². The minimum absolute atomic E-state index is 0. The number of nitrogens with zero attached hydrogens (tertiary/aromatic N) is 1. The third-order valence-corrected chi connectivity index (χ3v) is 3.09. The van der Waals surface area contributed by atoms with E-state index in [1.54, 1.807) is 11.8 Å². The van der Waals surface area contributed by atoms with Crippen LogP contribution in [0, 0.1) is 0 Å². The van der Waals surface area contributed by atoms with Gasteiger partial charge in [-0.2, -0.15) is 0 Å². The summed E-state index contributed by atoms with van der Waals surface area (Å²) >= 11 is 0. The molecule has 0 aliphatic carbocycles. The zero-order valence-corrected chi connectivity index (χ0v) is 13.4. The van der Waals surface area contributed by atoms with Crippen LogP contribution in [0.4, 0.5) is 5.69 Å². The summed E-state index contributed by atoms with van der Waals surface area (Å²) in [5.74, 6) is -0.0227. The standard InChI is InChI=1S/C15H23N3O2.ClH/c1-3-18(12(2)19)11-13-7-4-5-8-14(13)17-15(20)9-6-10-16;/h4-5,7-8H,3,6,9-11,16H2,1-2H3,(H,17,20);1H. The molecule has 21 heavy (non-hydrogen) atoms. The molecule has 0 fully saturated rings. The summed E-state index contributed by atoms with van der Waals surface area (Å²) in [4.78, 5) is 25.0. The highest BCUT2D eigenvalue weighted by molar-refractivity contribution is 5.91. The summed E-state index contributed by atoms with van der Waals surface area (Å²) in [5, 5.41) is 2.88. The van der Waals surface area contributed by atoms with Crippen molar-refractivity contribution in [3.63, 3.8) is 0 Å². The molecule has 0 atom stereocenters. The molecule has 1 aromatic carbocycles. The van der Waals surface area contributed by atoms with Crippen molar-refractivity contribution in [2.24, 2.45) is 5.73 Å². The van der Waals surface area contributed by atoms with E-state index in [-0.39, 0.29) is 24.2 Å². The number of rotatable bonds is 7. The first-order valence-electron chi connectivity index (χ1n) is 6.91. The molecule has 3 N–H and O–H groups in total. The number of anilines is 1. The van der Waals surface area contributed by atoms with Crippen molar-refractivity contribution in [2.75, 3.05) is 18.4 Å². The summed E-state index contributed by atoms with van der Waals surface area (Å²) in [6.07, 6.45) is 1.08. The van der Waals surface area contributed by atoms with Gasteiger partial charge in [0.1, 0.15) is 0 Å². The van der Waals surface area contributed by atoms with Crippen LogP contribution in [0.5, 0.6) is 0 Å². The van der Waals surface area contributed by atoms with Gasteiger partial charge in [-0.1, -0.05) is 18.2 Å². The topological polar surface area (TPSA) is 75.4 Å². The molecule has 0 spiro atoms. The van der Waals surface area contributed by atoms with Crippen molar-refractivity contribution in [1.82, 2.24) is 4.90 Å². The number of para-hydroxylation sites is 1. The van der Waals surface area contributed by atoms with Crippen molar-refractivity contribution in [3.05, 3.63) is 29.8 Å². The number of halogens is 1. The number of nitrogens with two attached hydrogens (primary N) is 1. The van der Waals surface area contributed by atoms with E-state index in [1.807, 2.05) is 31.2 Å². The summed E-state index contributed by atoms with van der Waals surface area (Å²) in [7, 11) is 0. The average molecular weight is 314 g/mol. The predicted molar refractivity (Wildman–Crippen MR) is 87.4 cm³/mol. The lowest BCUT2D eigenvalue weighted by Crippen LogP contribution is -2.28. The fraction of sp³-hybridized carbons (Fsp3) is 0.467. The molecular formula is C15H24ClN3O2. The largest absolute Gasteiger partial charge is 0.339 e. The van der Waals surface area contributed by atoms with Gasteiger partial charge in [0.25, 0.3) is 0 Å². The summed E-state index contributed by atoms with van der Waals surface area (Å²) in [6.45, 7) is 5.13. The van der Waals surface area contributed by atoms with Gasteiger partial charge >= 0.3 is 0 Å². The number of carbonyl (C=O) groups is 2. The number of carbonyl (C=O) groups excluding carboxylic acids is 2. The molecule has 0 radical (unpaired) electrons. The molecule has 0 saturated heterocycles. The van der Waals surface area contributed by atoms with E-state index in [1.165, 1.54) is 0 Å². The quantitative estimate of drug-likeness (QED) is 0.810. The molecule has 2 amide bonds. The Labute approximate surface area is 132 Å². The summed E-state index contributed by atoms with van der Waals surface area (Å²) in [5.41, 5.74) is 7.09. The third kappa shape index (κ3) is 6.60. The number of benzene rings is 1. The predicted octanol–water partition coefficient (Wildman–Crippen LogP) is 2.15. The Bertz CT molecular complexity index is 466. The molecule has 5 nitrogen and oxygen atoms in total. The second-order valence-electron chi connectivity index (χ2n) is 4.63. The molecule has 0 aliphatic rings. The van der Waals surface area contributed by atoms with E-state index in [9.17, 15) is 9.59 Å². The van der Waals surface area contributed by atoms with Crippen LogP contribution in [0.25, 0.3) is 0 Å². The van der Waals surface area contributed by atoms with Crippen LogP contribution in [-0.4, -0.2) is 29.8 Å². The number of hydrogen-bond acceptors (Lipinski definition) is 3. The lowest BCUT2D eigenvalue weighted by Gasteiger charge is -2.21. The first kappa shape index (κ1) is 19.4. The van der Waals surface area contributed by atoms with Crippen LogP contribution >= 0.6 is 12.4 Å². The van der Waals surface area contributed by atoms with Crippen molar-refractivity contribution in [2.45, 2.75) is 33.2 Å². The van der Waals surface area contributed by atoms with Crippen LogP contribution in [0.3, 0.4) is 0 Å². The van der Waals surface area contributed by atoms with Gasteiger partial charge in [-0.25, -0.2) is 0 Å². The molecule has 6 heteroatoms. The van der Waals surface area contributed by atoms with Crippen molar-refractivity contribution < 1.29 is 9.59 Å². The fourth-order valence-electron chi connectivity index (χ4n) is 1.91. The lowest BCUT2D eigenvalue weighted by molar-refractivity contribution is -0.129. The van der Waals surface area contributed by atoms with Gasteiger partial charge in [0, 0.05) is 32.1 Å². The van der Waals surface area contributed by atoms with E-state index < -0.39 is 0 Å². The summed E-state index contributed by atoms with van der Waals surface area (Å²) in [6, 6.07) is 7.54. The highest BCUT2D eigenvalue weighted by Gasteiger charge is 2.11. The number of nitrogens with one attached hydrogen (secondary N) is 1. The summed E-state index contributed by atoms with van der Waals surface area (Å²) < 4.78 is 0. The van der Waals surface area contributed by atoms with Crippen LogP contribution in [0.1, 0.15) is 32.3 Å². The van der Waals surface area contributed by atoms with Gasteiger partial charge in [-0.3, -0.25) is 9.59 Å². The van der Waals surface area contributed by atoms with Gasteiger partial charge in [-0.05, 0) is 31.5 Å². The molecular weight excluding hydrogens is 290 g/mol. The maximum absolute atomic E-state index is 11.8. The van der Waals surface area contributed by atoms with Crippen molar-refractivity contribution >= 4 is 29.9 Å². The van der Waals surface area contributed by atoms with E-state index in [0.29, 0.717) is 32.5 Å². The van der Waals surface area contributed by atoms with E-state index in [4.69, 9.17) is 5.73 Å². The van der Waals surface area contributed by atoms with Crippen LogP contribution in [-0.2, 0) is 16.1 Å². The van der Waals surface area contributed by atoms with Crippen LogP contribution in [0.2, 0.25) is 0 Å². The maximum Gasteiger partial charge on any atom is 0.224 e. The molecule has 0 heterocycles. The Kier molecular flexibility index (Phi) is 9.41. The van der Waals surface area contributed by atoms with Crippen molar-refractivity contribution in [3.8, 4) is 0 Å². The molecule has 1 aromatic rings. The fourth-order valence-corrected chi connectivity index (χ4v) is 1.91. The van der Waals surface area contributed by atoms with Gasteiger partial charge < -0.3 is 16.0 Å². The smallest absolute Gasteiger partial charge is 0.224 e. The van der Waals surface area contributed by atoms with Crippen LogP contribution in [0.15, 0.2) is 24.3 Å². The first-order chi connectivity index (χ1) is 9.58. The lowest BCUT2D eigenvalue weighted by atomic mass is 10.1. The van der Waals surface area contributed by atoms with Crippen molar-refractivity contribution in [1.29, 1.82) is 0 Å². The zero-order chi connectivity index (χ0) is 15.0. The Hall–Kier alpha value is -1.59. The second-order valence-corrected chi connectivity index (χ2v) is 4.63. The Morgan fingerprint density at radius 3 is 2.52 bits per heavy atom. The third-order valence-electron chi connectivity index (χ3n) is 3.09. The first-order valence-corrected chi connectivity index (χ1v) is 6.91. The highest BCUT2D eigenvalue weighted by atomic mass is 35.5. The normalized spacial score (nSPS) is 9.67. The Morgan fingerprint density at radius 2 is 1.95 bits per heavy atom. The Balaban J connectivity index is 0.00000400. The monoisotopic (exact) mass is 313 g/mol. The zero-order valence-electron chi connectivity index (χ0n) is 12.6. The molecule has 118 valence electrons. The molecule has 0 aliphatic heterocycles. The molecule has 0 saturated carbocycles. The molecule has 0 unspecified atom stereocenters. The molecule has 0 aromatic heterocycles. The second kappa shape index (κ2) is 10.2. The van der Waals surface area contributed by atoms with Gasteiger partial charge in [0.05, 0.1) is 0 Å². The van der Waals surface area contributed by atoms with Gasteiger partial charge in [0.2, 0.25) is 11.8 Å². The number of hydrogen-bond donors (Lipinski definition) is 2. The minimum atomic E-state index is -0.0474. The Morgan fingerprint density at radius 1 is 1.29 bits per heavy atom. The van der Waals surface area contributed by atoms with E-state index in [0.717, 1.165) is 11.3 Å². The van der Waals surface area contributed by atoms with Crippen LogP contribution < -0.4 is 11.1 Å². The van der Waals surface area contributed by atoms with Gasteiger partial charge in [-0.15, -0.1) is 12.4 Å². The SMILES string of the molecule is CCN(Cc1ccccc1NC(=O)CCCN)C(C)=O.Cl. The number of amides is 2. The maximum atomic E-state index is 11.8. The van der Waals surface area contributed by atoms with E-state index >= 15 is 0 Å². The van der Waals surface area contributed by atoms with E-state index in [2.05, 4.69) is 5.32 Å². The average Bonchev–Trinajstić information content (AvgIpc) is 2.43. The minimum Gasteiger partial charge on any atom is -0.339 e.